The zero-order chi connectivity index (χ0) is 15.6. The third-order valence-corrected chi connectivity index (χ3v) is 3.47. The van der Waals surface area contributed by atoms with Crippen LogP contribution in [0.4, 0.5) is 0 Å². The maximum absolute atomic E-state index is 12.7. The highest BCUT2D eigenvalue weighted by Crippen LogP contribution is 2.23. The van der Waals surface area contributed by atoms with Gasteiger partial charge < -0.3 is 18.9 Å². The Kier molecular flexibility index (Phi) is 4.35. The summed E-state index contributed by atoms with van der Waals surface area (Å²) in [6.45, 7) is 5.37. The average molecular weight is 291 g/mol. The molecule has 1 aromatic heterocycles. The number of methoxy groups -OCH3 is 1. The molecule has 6 nitrogen and oxygen atoms in total. The van der Waals surface area contributed by atoms with Gasteiger partial charge in [-0.15, -0.1) is 0 Å². The fraction of sp³-hybridized carbons (Fsp3) is 0.600. The Balaban J connectivity index is 2.21. The summed E-state index contributed by atoms with van der Waals surface area (Å²) in [5, 5.41) is 8.94. The highest BCUT2D eigenvalue weighted by molar-refractivity contribution is 5.93. The Morgan fingerprint density at radius 1 is 1.62 bits per heavy atom. The number of hydrogen-bond acceptors (Lipinski definition) is 4. The number of morpholine rings is 1. The highest BCUT2D eigenvalue weighted by Gasteiger charge is 2.36. The van der Waals surface area contributed by atoms with Crippen LogP contribution in [-0.2, 0) is 16.5 Å². The third kappa shape index (κ3) is 3.43. The molecule has 0 radical (unpaired) electrons. The number of nitriles is 1. The fourth-order valence-electron chi connectivity index (χ4n) is 2.72. The molecule has 21 heavy (non-hydrogen) atoms. The topological polar surface area (TPSA) is 67.5 Å². The van der Waals surface area contributed by atoms with Crippen LogP contribution in [0.5, 0.6) is 0 Å². The molecule has 0 spiro atoms. The predicted octanol–water partition coefficient (Wildman–Crippen LogP) is 1.16. The molecule has 0 aliphatic carbocycles. The molecule has 1 fully saturated rings. The van der Waals surface area contributed by atoms with E-state index in [1.165, 1.54) is 0 Å². The van der Waals surface area contributed by atoms with Gasteiger partial charge in [0.15, 0.2) is 0 Å². The first kappa shape index (κ1) is 15.5. The molecule has 6 heteroatoms. The molecule has 2 heterocycles. The van der Waals surface area contributed by atoms with Crippen molar-refractivity contribution in [3.05, 3.63) is 23.5 Å². The van der Waals surface area contributed by atoms with Gasteiger partial charge in [0.1, 0.15) is 11.8 Å². The standard InChI is InChI=1S/C15H21N3O3/c1-15(2)10-18(8-12(21-15)9-20-4)14(19)13-5-11(6-16)7-17(13)3/h5,7,12H,8-10H2,1-4H3/t12-/m1/s1. The van der Waals surface area contributed by atoms with Crippen molar-refractivity contribution in [1.82, 2.24) is 9.47 Å². The summed E-state index contributed by atoms with van der Waals surface area (Å²) in [5.74, 6) is -0.0866. The van der Waals surface area contributed by atoms with Crippen molar-refractivity contribution >= 4 is 5.91 Å². The van der Waals surface area contributed by atoms with E-state index >= 15 is 0 Å². The molecule has 114 valence electrons. The van der Waals surface area contributed by atoms with E-state index in [9.17, 15) is 4.79 Å². The molecule has 1 aromatic rings. The number of aromatic nitrogens is 1. The van der Waals surface area contributed by atoms with Gasteiger partial charge in [0.25, 0.3) is 5.91 Å². The van der Waals surface area contributed by atoms with E-state index in [2.05, 4.69) is 6.07 Å². The lowest BCUT2D eigenvalue weighted by molar-refractivity contribution is -0.143. The number of carbonyl (C=O) groups is 1. The van der Waals surface area contributed by atoms with Crippen molar-refractivity contribution in [2.24, 2.45) is 7.05 Å². The van der Waals surface area contributed by atoms with Crippen molar-refractivity contribution in [3.8, 4) is 6.07 Å². The first-order chi connectivity index (χ1) is 9.86. The highest BCUT2D eigenvalue weighted by atomic mass is 16.5. The summed E-state index contributed by atoms with van der Waals surface area (Å²) in [4.78, 5) is 14.5. The van der Waals surface area contributed by atoms with E-state index in [-0.39, 0.29) is 12.0 Å². The summed E-state index contributed by atoms with van der Waals surface area (Å²) in [7, 11) is 3.39. The first-order valence-corrected chi connectivity index (χ1v) is 6.89. The van der Waals surface area contributed by atoms with Crippen LogP contribution in [0, 0.1) is 11.3 Å². The molecule has 1 aliphatic heterocycles. The number of rotatable bonds is 3. The van der Waals surface area contributed by atoms with Crippen LogP contribution >= 0.6 is 0 Å². The molecule has 2 rings (SSSR count). The zero-order valence-electron chi connectivity index (χ0n) is 12.9. The minimum absolute atomic E-state index is 0.0866. The molecular weight excluding hydrogens is 270 g/mol. The lowest BCUT2D eigenvalue weighted by Gasteiger charge is -2.42. The number of carbonyl (C=O) groups excluding carboxylic acids is 1. The van der Waals surface area contributed by atoms with Gasteiger partial charge >= 0.3 is 0 Å². The van der Waals surface area contributed by atoms with E-state index in [4.69, 9.17) is 14.7 Å². The third-order valence-electron chi connectivity index (χ3n) is 3.47. The smallest absolute Gasteiger partial charge is 0.270 e. The minimum atomic E-state index is -0.416. The van der Waals surface area contributed by atoms with Crippen LogP contribution in [0.1, 0.15) is 29.9 Å². The van der Waals surface area contributed by atoms with Crippen molar-refractivity contribution in [3.63, 3.8) is 0 Å². The van der Waals surface area contributed by atoms with Gasteiger partial charge in [-0.05, 0) is 19.9 Å². The molecule has 1 amide bonds. The molecule has 1 atom stereocenters. The molecule has 0 aromatic carbocycles. The summed E-state index contributed by atoms with van der Waals surface area (Å²) >= 11 is 0. The van der Waals surface area contributed by atoms with E-state index in [0.29, 0.717) is 31.0 Å². The fourth-order valence-corrected chi connectivity index (χ4v) is 2.72. The largest absolute Gasteiger partial charge is 0.382 e. The van der Waals surface area contributed by atoms with Crippen molar-refractivity contribution in [2.45, 2.75) is 25.6 Å². The second-order valence-corrected chi connectivity index (χ2v) is 5.98. The van der Waals surface area contributed by atoms with Gasteiger partial charge in [-0.3, -0.25) is 4.79 Å². The van der Waals surface area contributed by atoms with Gasteiger partial charge in [0.2, 0.25) is 0 Å². The van der Waals surface area contributed by atoms with Gasteiger partial charge in [-0.1, -0.05) is 0 Å². The van der Waals surface area contributed by atoms with E-state index < -0.39 is 5.60 Å². The van der Waals surface area contributed by atoms with Crippen LogP contribution < -0.4 is 0 Å². The summed E-state index contributed by atoms with van der Waals surface area (Å²) in [5.41, 5.74) is 0.586. The molecule has 0 N–H and O–H groups in total. The van der Waals surface area contributed by atoms with Crippen LogP contribution in [0.25, 0.3) is 0 Å². The van der Waals surface area contributed by atoms with Crippen LogP contribution in [0.3, 0.4) is 0 Å². The maximum Gasteiger partial charge on any atom is 0.270 e. The van der Waals surface area contributed by atoms with Crippen LogP contribution in [-0.4, -0.2) is 53.9 Å². The van der Waals surface area contributed by atoms with Gasteiger partial charge in [-0.25, -0.2) is 0 Å². The second kappa shape index (κ2) is 5.88. The van der Waals surface area contributed by atoms with Gasteiger partial charge in [0.05, 0.1) is 23.9 Å². The molecular formula is C15H21N3O3. The Labute approximate surface area is 124 Å². The summed E-state index contributed by atoms with van der Waals surface area (Å²) in [6.07, 6.45) is 1.52. The molecule has 1 saturated heterocycles. The lowest BCUT2D eigenvalue weighted by Crippen LogP contribution is -2.55. The van der Waals surface area contributed by atoms with Crippen LogP contribution in [0.2, 0.25) is 0 Å². The maximum atomic E-state index is 12.7. The summed E-state index contributed by atoms with van der Waals surface area (Å²) in [6, 6.07) is 3.68. The molecule has 0 unspecified atom stereocenters. The quantitative estimate of drug-likeness (QED) is 0.838. The Hall–Kier alpha value is -1.84. The van der Waals surface area contributed by atoms with E-state index in [1.54, 1.807) is 35.9 Å². The van der Waals surface area contributed by atoms with E-state index in [0.717, 1.165) is 0 Å². The molecule has 0 bridgehead atoms. The second-order valence-electron chi connectivity index (χ2n) is 5.98. The van der Waals surface area contributed by atoms with Gasteiger partial charge in [0, 0.05) is 33.4 Å². The van der Waals surface area contributed by atoms with Crippen molar-refractivity contribution in [1.29, 1.82) is 5.26 Å². The Morgan fingerprint density at radius 3 is 2.90 bits per heavy atom. The first-order valence-electron chi connectivity index (χ1n) is 6.89. The average Bonchev–Trinajstić information content (AvgIpc) is 2.77. The van der Waals surface area contributed by atoms with Crippen molar-refractivity contribution in [2.75, 3.05) is 26.8 Å². The Bertz CT molecular complexity index is 571. The normalized spacial score (nSPS) is 21.1. The molecule has 0 saturated carbocycles. The summed E-state index contributed by atoms with van der Waals surface area (Å²) < 4.78 is 12.7. The predicted molar refractivity (Wildman–Crippen MR) is 76.9 cm³/mol. The number of aryl methyl sites for hydroxylation is 1. The van der Waals surface area contributed by atoms with Crippen molar-refractivity contribution < 1.29 is 14.3 Å². The molecule has 1 aliphatic rings. The van der Waals surface area contributed by atoms with Gasteiger partial charge in [-0.2, -0.15) is 5.26 Å². The SMILES string of the molecule is COC[C@H]1CN(C(=O)c2cc(C#N)cn2C)CC(C)(C)O1. The number of amides is 1. The van der Waals surface area contributed by atoms with Crippen LogP contribution in [0.15, 0.2) is 12.3 Å². The monoisotopic (exact) mass is 291 g/mol. The number of nitrogens with zero attached hydrogens (tertiary/aromatic N) is 3. The number of hydrogen-bond donors (Lipinski definition) is 0. The van der Waals surface area contributed by atoms with E-state index in [1.807, 2.05) is 13.8 Å². The number of ether oxygens (including phenoxy) is 2. The Morgan fingerprint density at radius 2 is 2.33 bits per heavy atom. The lowest BCUT2D eigenvalue weighted by atomic mass is 10.0. The minimum Gasteiger partial charge on any atom is -0.382 e. The zero-order valence-corrected chi connectivity index (χ0v) is 12.9.